The quantitative estimate of drug-likeness (QED) is 0.786. The van der Waals surface area contributed by atoms with E-state index >= 15 is 0 Å². The van der Waals surface area contributed by atoms with Gasteiger partial charge in [-0.05, 0) is 52.2 Å². The molecule has 0 fully saturated rings. The molecule has 0 amide bonds. The van der Waals surface area contributed by atoms with Gasteiger partial charge in [-0.15, -0.1) is 0 Å². The van der Waals surface area contributed by atoms with Crippen LogP contribution in [0.2, 0.25) is 0 Å². The summed E-state index contributed by atoms with van der Waals surface area (Å²) >= 11 is 0. The van der Waals surface area contributed by atoms with Gasteiger partial charge in [0.25, 0.3) is 0 Å². The Bertz CT molecular complexity index is 910. The molecular weight excluding hydrogens is 284 g/mol. The smallest absolute Gasteiger partial charge is 0.175 e. The lowest BCUT2D eigenvalue weighted by Gasteiger charge is -2.06. The number of benzene rings is 3. The van der Waals surface area contributed by atoms with E-state index in [-0.39, 0.29) is 5.75 Å². The highest BCUT2D eigenvalue weighted by Crippen LogP contribution is 2.27. The summed E-state index contributed by atoms with van der Waals surface area (Å²) in [6, 6.07) is 18.0. The zero-order chi connectivity index (χ0) is 15.0. The van der Waals surface area contributed by atoms with Gasteiger partial charge in [0, 0.05) is 6.26 Å². The van der Waals surface area contributed by atoms with Gasteiger partial charge in [0.05, 0.1) is 4.90 Å². The van der Waals surface area contributed by atoms with E-state index in [4.69, 9.17) is 0 Å². The molecule has 0 bridgehead atoms. The van der Waals surface area contributed by atoms with Crippen molar-refractivity contribution < 1.29 is 13.5 Å². The van der Waals surface area contributed by atoms with Gasteiger partial charge in [0.15, 0.2) is 9.84 Å². The molecule has 0 saturated carbocycles. The third-order valence-corrected chi connectivity index (χ3v) is 4.57. The summed E-state index contributed by atoms with van der Waals surface area (Å²) in [6.45, 7) is 0. The maximum absolute atomic E-state index is 11.5. The molecule has 3 rings (SSSR count). The van der Waals surface area contributed by atoms with Crippen LogP contribution in [0.3, 0.4) is 0 Å². The molecule has 0 unspecified atom stereocenters. The predicted octanol–water partition coefficient (Wildman–Crippen LogP) is 3.62. The molecule has 0 atom stereocenters. The Labute approximate surface area is 123 Å². The summed E-state index contributed by atoms with van der Waals surface area (Å²) in [4.78, 5) is 0.317. The van der Waals surface area contributed by atoms with Gasteiger partial charge >= 0.3 is 0 Å². The highest BCUT2D eigenvalue weighted by atomic mass is 32.2. The summed E-state index contributed by atoms with van der Waals surface area (Å²) in [6.07, 6.45) is 1.20. The molecule has 0 spiro atoms. The Morgan fingerprint density at radius 1 is 0.762 bits per heavy atom. The third-order valence-electron chi connectivity index (χ3n) is 3.44. The Morgan fingerprint density at radius 2 is 1.33 bits per heavy atom. The molecule has 0 radical (unpaired) electrons. The maximum atomic E-state index is 11.5. The van der Waals surface area contributed by atoms with Crippen LogP contribution < -0.4 is 0 Å². The van der Waals surface area contributed by atoms with Crippen LogP contribution in [0, 0.1) is 0 Å². The van der Waals surface area contributed by atoms with Gasteiger partial charge < -0.3 is 5.11 Å². The minimum absolute atomic E-state index is 0.243. The zero-order valence-electron chi connectivity index (χ0n) is 11.4. The van der Waals surface area contributed by atoms with Gasteiger partial charge in [-0.25, -0.2) is 8.42 Å². The normalized spacial score (nSPS) is 11.7. The van der Waals surface area contributed by atoms with Crippen molar-refractivity contribution in [1.82, 2.24) is 0 Å². The lowest BCUT2D eigenvalue weighted by Crippen LogP contribution is -1.96. The van der Waals surface area contributed by atoms with E-state index in [0.717, 1.165) is 21.9 Å². The zero-order valence-corrected chi connectivity index (χ0v) is 12.3. The molecule has 0 heterocycles. The van der Waals surface area contributed by atoms with Crippen LogP contribution in [0.5, 0.6) is 5.75 Å². The highest BCUT2D eigenvalue weighted by molar-refractivity contribution is 7.90. The van der Waals surface area contributed by atoms with E-state index in [0.29, 0.717) is 4.90 Å². The summed E-state index contributed by atoms with van der Waals surface area (Å²) in [5, 5.41) is 11.5. The summed E-state index contributed by atoms with van der Waals surface area (Å²) in [7, 11) is -3.17. The van der Waals surface area contributed by atoms with Crippen LogP contribution in [0.1, 0.15) is 0 Å². The topological polar surface area (TPSA) is 54.4 Å². The first-order chi connectivity index (χ1) is 9.93. The Morgan fingerprint density at radius 3 is 2.00 bits per heavy atom. The molecule has 4 heteroatoms. The molecule has 1 N–H and O–H groups in total. The van der Waals surface area contributed by atoms with E-state index in [9.17, 15) is 13.5 Å². The van der Waals surface area contributed by atoms with Crippen LogP contribution in [0.4, 0.5) is 0 Å². The molecule has 106 valence electrons. The van der Waals surface area contributed by atoms with Crippen molar-refractivity contribution in [2.75, 3.05) is 6.26 Å². The molecule has 21 heavy (non-hydrogen) atoms. The van der Waals surface area contributed by atoms with E-state index in [1.165, 1.54) is 6.26 Å². The molecule has 3 aromatic rings. The van der Waals surface area contributed by atoms with Gasteiger partial charge in [-0.3, -0.25) is 0 Å². The number of hydrogen-bond acceptors (Lipinski definition) is 3. The van der Waals surface area contributed by atoms with Gasteiger partial charge in [0.2, 0.25) is 0 Å². The molecule has 0 saturated heterocycles. The number of fused-ring (bicyclic) bond motifs is 1. The second-order valence-corrected chi connectivity index (χ2v) is 7.06. The summed E-state index contributed by atoms with van der Waals surface area (Å²) in [5.74, 6) is 0.243. The summed E-state index contributed by atoms with van der Waals surface area (Å²) < 4.78 is 22.9. The van der Waals surface area contributed by atoms with Crippen molar-refractivity contribution in [3.05, 3.63) is 60.7 Å². The van der Waals surface area contributed by atoms with Crippen molar-refractivity contribution in [3.63, 3.8) is 0 Å². The first-order valence-electron chi connectivity index (χ1n) is 6.47. The Balaban J connectivity index is 2.06. The molecule has 3 aromatic carbocycles. The SMILES string of the molecule is CS(=O)(=O)c1ccc(-c2ccc3cc(O)ccc3c2)cc1. The monoisotopic (exact) mass is 298 g/mol. The molecular formula is C17H14O3S. The van der Waals surface area contributed by atoms with Crippen LogP contribution in [-0.2, 0) is 9.84 Å². The fraction of sp³-hybridized carbons (Fsp3) is 0.0588. The lowest BCUT2D eigenvalue weighted by molar-refractivity contribution is 0.476. The molecule has 0 aliphatic rings. The van der Waals surface area contributed by atoms with Crippen LogP contribution >= 0.6 is 0 Å². The molecule has 0 aromatic heterocycles. The minimum Gasteiger partial charge on any atom is -0.508 e. The van der Waals surface area contributed by atoms with E-state index in [1.54, 1.807) is 36.4 Å². The fourth-order valence-electron chi connectivity index (χ4n) is 2.31. The number of phenolic OH excluding ortho intramolecular Hbond substituents is 1. The number of phenols is 1. The minimum atomic E-state index is -3.17. The fourth-order valence-corrected chi connectivity index (χ4v) is 2.94. The standard InChI is InChI=1S/C17H14O3S/c1-21(19,20)17-8-5-12(6-9-17)13-2-3-15-11-16(18)7-4-14(15)10-13/h2-11,18H,1H3. The molecule has 0 aliphatic heterocycles. The first-order valence-corrected chi connectivity index (χ1v) is 8.36. The van der Waals surface area contributed by atoms with Gasteiger partial charge in [0.1, 0.15) is 5.75 Å². The van der Waals surface area contributed by atoms with Crippen LogP contribution in [-0.4, -0.2) is 19.8 Å². The average molecular weight is 298 g/mol. The number of aromatic hydroxyl groups is 1. The maximum Gasteiger partial charge on any atom is 0.175 e. The predicted molar refractivity (Wildman–Crippen MR) is 84.2 cm³/mol. The third kappa shape index (κ3) is 2.76. The Kier molecular flexibility index (Phi) is 3.18. The van der Waals surface area contributed by atoms with Crippen molar-refractivity contribution in [3.8, 4) is 16.9 Å². The summed E-state index contributed by atoms with van der Waals surface area (Å²) in [5.41, 5.74) is 1.96. The first kappa shape index (κ1) is 13.6. The van der Waals surface area contributed by atoms with Crippen molar-refractivity contribution in [1.29, 1.82) is 0 Å². The van der Waals surface area contributed by atoms with Crippen LogP contribution in [0.25, 0.3) is 21.9 Å². The van der Waals surface area contributed by atoms with Gasteiger partial charge in [-0.2, -0.15) is 0 Å². The van der Waals surface area contributed by atoms with Crippen molar-refractivity contribution >= 4 is 20.6 Å². The second kappa shape index (κ2) is 4.90. The lowest BCUT2D eigenvalue weighted by atomic mass is 10.0. The van der Waals surface area contributed by atoms with Crippen molar-refractivity contribution in [2.45, 2.75) is 4.90 Å². The van der Waals surface area contributed by atoms with E-state index < -0.39 is 9.84 Å². The second-order valence-electron chi connectivity index (χ2n) is 5.04. The van der Waals surface area contributed by atoms with Gasteiger partial charge in [-0.1, -0.05) is 30.3 Å². The number of rotatable bonds is 2. The number of sulfone groups is 1. The Hall–Kier alpha value is -2.33. The van der Waals surface area contributed by atoms with Crippen molar-refractivity contribution in [2.24, 2.45) is 0 Å². The average Bonchev–Trinajstić information content (AvgIpc) is 2.46. The van der Waals surface area contributed by atoms with Crippen LogP contribution in [0.15, 0.2) is 65.6 Å². The highest BCUT2D eigenvalue weighted by Gasteiger charge is 2.07. The number of hydrogen-bond donors (Lipinski definition) is 1. The molecule has 0 aliphatic carbocycles. The molecule has 3 nitrogen and oxygen atoms in total. The largest absolute Gasteiger partial charge is 0.508 e. The van der Waals surface area contributed by atoms with E-state index in [2.05, 4.69) is 0 Å². The van der Waals surface area contributed by atoms with E-state index in [1.807, 2.05) is 24.3 Å².